The number of piperidine rings is 1. The van der Waals surface area contributed by atoms with Gasteiger partial charge < -0.3 is 9.80 Å². The van der Waals surface area contributed by atoms with Crippen LogP contribution in [0.25, 0.3) is 0 Å². The molecule has 2 fully saturated rings. The number of rotatable bonds is 2. The molecule has 3 heterocycles. The maximum absolute atomic E-state index is 12.6. The van der Waals surface area contributed by atoms with Gasteiger partial charge in [0.2, 0.25) is 11.8 Å². The van der Waals surface area contributed by atoms with E-state index in [0.29, 0.717) is 17.3 Å². The number of carbonyl (C=O) groups is 2. The van der Waals surface area contributed by atoms with Crippen LogP contribution in [0.5, 0.6) is 0 Å². The number of aromatic nitrogens is 1. The van der Waals surface area contributed by atoms with Crippen LogP contribution in [0.15, 0.2) is 6.20 Å². The Kier molecular flexibility index (Phi) is 4.16. The van der Waals surface area contributed by atoms with E-state index in [9.17, 15) is 9.59 Å². The van der Waals surface area contributed by atoms with Crippen LogP contribution in [0, 0.1) is 5.92 Å². The summed E-state index contributed by atoms with van der Waals surface area (Å²) in [5.74, 6) is 0.0192. The van der Waals surface area contributed by atoms with E-state index < -0.39 is 0 Å². The quantitative estimate of drug-likeness (QED) is 0.828. The predicted octanol–water partition coefficient (Wildman–Crippen LogP) is 2.15. The Morgan fingerprint density at radius 3 is 2.64 bits per heavy atom. The fourth-order valence-electron chi connectivity index (χ4n) is 3.26. The number of hydrogen-bond acceptors (Lipinski definition) is 4. The van der Waals surface area contributed by atoms with E-state index in [-0.39, 0.29) is 23.1 Å². The minimum atomic E-state index is -0.170. The largest absolute Gasteiger partial charge is 0.345 e. The summed E-state index contributed by atoms with van der Waals surface area (Å²) in [6.45, 7) is 4.19. The molecule has 1 aromatic heterocycles. The summed E-state index contributed by atoms with van der Waals surface area (Å²) < 4.78 is 0.710. The molecule has 0 saturated carbocycles. The summed E-state index contributed by atoms with van der Waals surface area (Å²) in [5.41, 5.74) is -0.00310. The van der Waals surface area contributed by atoms with E-state index >= 15 is 0 Å². The van der Waals surface area contributed by atoms with Crippen LogP contribution >= 0.6 is 22.9 Å². The van der Waals surface area contributed by atoms with Gasteiger partial charge in [0.1, 0.15) is 9.34 Å². The minimum absolute atomic E-state index is 0.00310. The number of carbonyl (C=O) groups excluding carboxylic acids is 2. The molecule has 2 saturated heterocycles. The minimum Gasteiger partial charge on any atom is -0.345 e. The van der Waals surface area contributed by atoms with Crippen molar-refractivity contribution in [1.29, 1.82) is 0 Å². The van der Waals surface area contributed by atoms with Crippen molar-refractivity contribution < 1.29 is 9.59 Å². The van der Waals surface area contributed by atoms with Crippen molar-refractivity contribution in [3.63, 3.8) is 0 Å². The smallest absolute Gasteiger partial charge is 0.227 e. The Balaban J connectivity index is 1.62. The SMILES string of the molecule is CN1C[C@@H](C(=O)N2CCC(C)(c3ncc(Cl)s3)CC2)CC1=O. The van der Waals surface area contributed by atoms with Gasteiger partial charge in [-0.15, -0.1) is 11.3 Å². The number of halogens is 1. The Morgan fingerprint density at radius 1 is 1.45 bits per heavy atom. The zero-order valence-electron chi connectivity index (χ0n) is 12.8. The Labute approximate surface area is 139 Å². The lowest BCUT2D eigenvalue weighted by molar-refractivity contribution is -0.137. The Bertz CT molecular complexity index is 595. The van der Waals surface area contributed by atoms with Crippen molar-refractivity contribution >= 4 is 34.8 Å². The maximum Gasteiger partial charge on any atom is 0.227 e. The molecule has 1 aromatic rings. The molecule has 0 radical (unpaired) electrons. The topological polar surface area (TPSA) is 53.5 Å². The van der Waals surface area contributed by atoms with Gasteiger partial charge in [0.25, 0.3) is 0 Å². The molecule has 2 aliphatic rings. The summed E-state index contributed by atoms with van der Waals surface area (Å²) >= 11 is 7.52. The van der Waals surface area contributed by atoms with Crippen LogP contribution in [0.4, 0.5) is 0 Å². The van der Waals surface area contributed by atoms with Crippen molar-refractivity contribution in [2.45, 2.75) is 31.6 Å². The zero-order valence-corrected chi connectivity index (χ0v) is 14.4. The van der Waals surface area contributed by atoms with Crippen molar-refractivity contribution in [3.05, 3.63) is 15.5 Å². The molecule has 0 spiro atoms. The van der Waals surface area contributed by atoms with E-state index in [4.69, 9.17) is 11.6 Å². The van der Waals surface area contributed by atoms with Crippen LogP contribution in [-0.2, 0) is 15.0 Å². The number of hydrogen-bond donors (Lipinski definition) is 0. The first-order valence-electron chi connectivity index (χ1n) is 7.53. The lowest BCUT2D eigenvalue weighted by atomic mass is 9.80. The summed E-state index contributed by atoms with van der Waals surface area (Å²) in [6.07, 6.45) is 3.83. The molecule has 7 heteroatoms. The van der Waals surface area contributed by atoms with Crippen LogP contribution in [0.3, 0.4) is 0 Å². The van der Waals surface area contributed by atoms with Gasteiger partial charge in [-0.3, -0.25) is 9.59 Å². The number of likely N-dealkylation sites (tertiary alicyclic amines) is 2. The van der Waals surface area contributed by atoms with Crippen molar-refractivity contribution in [2.75, 3.05) is 26.7 Å². The predicted molar refractivity (Wildman–Crippen MR) is 86.0 cm³/mol. The fraction of sp³-hybridized carbons (Fsp3) is 0.667. The molecule has 0 unspecified atom stereocenters. The highest BCUT2D eigenvalue weighted by molar-refractivity contribution is 7.15. The van der Waals surface area contributed by atoms with Crippen LogP contribution in [-0.4, -0.2) is 53.3 Å². The third-order valence-corrected chi connectivity index (χ3v) is 6.28. The molecule has 120 valence electrons. The fourth-order valence-corrected chi connectivity index (χ4v) is 4.37. The highest BCUT2D eigenvalue weighted by Gasteiger charge is 2.39. The van der Waals surface area contributed by atoms with E-state index in [1.54, 1.807) is 18.1 Å². The monoisotopic (exact) mass is 341 g/mol. The third kappa shape index (κ3) is 2.86. The third-order valence-electron chi connectivity index (χ3n) is 4.86. The normalized spacial score (nSPS) is 24.9. The average Bonchev–Trinajstić information content (AvgIpc) is 3.06. The molecule has 0 N–H and O–H groups in total. The number of nitrogens with zero attached hydrogens (tertiary/aromatic N) is 3. The Morgan fingerprint density at radius 2 is 2.14 bits per heavy atom. The van der Waals surface area contributed by atoms with E-state index in [1.807, 2.05) is 4.90 Å². The first-order valence-corrected chi connectivity index (χ1v) is 8.73. The van der Waals surface area contributed by atoms with E-state index in [2.05, 4.69) is 11.9 Å². The molecular weight excluding hydrogens is 322 g/mol. The first-order chi connectivity index (χ1) is 10.4. The van der Waals surface area contributed by atoms with Gasteiger partial charge >= 0.3 is 0 Å². The molecule has 0 aliphatic carbocycles. The highest BCUT2D eigenvalue weighted by Crippen LogP contribution is 2.38. The number of thiazole rings is 1. The van der Waals surface area contributed by atoms with Gasteiger partial charge in [-0.05, 0) is 12.8 Å². The molecule has 3 rings (SSSR count). The average molecular weight is 342 g/mol. The summed E-state index contributed by atoms with van der Waals surface area (Å²) in [4.78, 5) is 32.1. The lowest BCUT2D eigenvalue weighted by Crippen LogP contribution is -2.46. The molecule has 2 amide bonds. The maximum atomic E-state index is 12.6. The molecular formula is C15H20ClN3O2S. The molecule has 5 nitrogen and oxygen atoms in total. The second-order valence-corrected chi connectivity index (χ2v) is 8.19. The Hall–Kier alpha value is -1.14. The van der Waals surface area contributed by atoms with Crippen molar-refractivity contribution in [2.24, 2.45) is 5.92 Å². The van der Waals surface area contributed by atoms with Gasteiger partial charge in [-0.25, -0.2) is 4.98 Å². The van der Waals surface area contributed by atoms with Gasteiger partial charge in [0.15, 0.2) is 0 Å². The molecule has 2 aliphatic heterocycles. The molecule has 22 heavy (non-hydrogen) atoms. The van der Waals surface area contributed by atoms with E-state index in [0.717, 1.165) is 30.9 Å². The van der Waals surface area contributed by atoms with Crippen LogP contribution in [0.2, 0.25) is 4.34 Å². The summed E-state index contributed by atoms with van der Waals surface area (Å²) in [6, 6.07) is 0. The van der Waals surface area contributed by atoms with Gasteiger partial charge in [-0.1, -0.05) is 18.5 Å². The summed E-state index contributed by atoms with van der Waals surface area (Å²) in [5, 5.41) is 1.06. The molecule has 0 aromatic carbocycles. The van der Waals surface area contributed by atoms with Crippen LogP contribution in [0.1, 0.15) is 31.2 Å². The zero-order chi connectivity index (χ0) is 15.9. The standard InChI is InChI=1S/C15H20ClN3O2S/c1-15(14-17-8-11(16)22-14)3-5-19(6-4-15)13(21)10-7-12(20)18(2)9-10/h8,10H,3-7,9H2,1-2H3/t10-/m0/s1. The van der Waals surface area contributed by atoms with Gasteiger partial charge in [0.05, 0.1) is 12.1 Å². The lowest BCUT2D eigenvalue weighted by Gasteiger charge is -2.39. The number of amides is 2. The molecule has 1 atom stereocenters. The second kappa shape index (κ2) is 5.81. The first kappa shape index (κ1) is 15.7. The van der Waals surface area contributed by atoms with Gasteiger partial charge in [0, 0.05) is 38.5 Å². The second-order valence-electron chi connectivity index (χ2n) is 6.53. The van der Waals surface area contributed by atoms with Crippen molar-refractivity contribution in [1.82, 2.24) is 14.8 Å². The van der Waals surface area contributed by atoms with Gasteiger partial charge in [-0.2, -0.15) is 0 Å². The van der Waals surface area contributed by atoms with E-state index in [1.165, 1.54) is 11.3 Å². The van der Waals surface area contributed by atoms with Crippen LogP contribution < -0.4 is 0 Å². The van der Waals surface area contributed by atoms with Crippen molar-refractivity contribution in [3.8, 4) is 0 Å². The molecule has 0 bridgehead atoms. The highest BCUT2D eigenvalue weighted by atomic mass is 35.5. The summed E-state index contributed by atoms with van der Waals surface area (Å²) in [7, 11) is 1.76.